The van der Waals surface area contributed by atoms with Crippen molar-refractivity contribution in [3.05, 3.63) is 29.8 Å². The van der Waals surface area contributed by atoms with Gasteiger partial charge in [0.2, 0.25) is 5.91 Å². The molecule has 0 bridgehead atoms. The summed E-state index contributed by atoms with van der Waals surface area (Å²) in [5.74, 6) is 1.07. The van der Waals surface area contributed by atoms with Crippen LogP contribution in [0.1, 0.15) is 45.2 Å². The Bertz CT molecular complexity index is 468. The largest absolute Gasteiger partial charge is 0.491 e. The summed E-state index contributed by atoms with van der Waals surface area (Å²) in [7, 11) is 0. The minimum Gasteiger partial charge on any atom is -0.491 e. The average molecular weight is 290 g/mol. The lowest BCUT2D eigenvalue weighted by Crippen LogP contribution is -2.41. The Kier molecular flexibility index (Phi) is 5.62. The molecule has 0 spiro atoms. The minimum absolute atomic E-state index is 0.0469. The summed E-state index contributed by atoms with van der Waals surface area (Å²) >= 11 is 0. The third-order valence-corrected chi connectivity index (χ3v) is 3.77. The Morgan fingerprint density at radius 3 is 2.76 bits per heavy atom. The van der Waals surface area contributed by atoms with E-state index in [2.05, 4.69) is 10.6 Å². The molecule has 4 nitrogen and oxygen atoms in total. The SMILES string of the molecule is CC(C)Oc1ccccc1C(C)NC(=O)[C@@H]1CCCNC1. The van der Waals surface area contributed by atoms with Crippen LogP contribution in [0.15, 0.2) is 24.3 Å². The highest BCUT2D eigenvalue weighted by molar-refractivity contribution is 5.79. The van der Waals surface area contributed by atoms with Crippen LogP contribution in [0.2, 0.25) is 0 Å². The molecule has 0 aromatic heterocycles. The van der Waals surface area contributed by atoms with Crippen LogP contribution in [0.4, 0.5) is 0 Å². The summed E-state index contributed by atoms with van der Waals surface area (Å²) < 4.78 is 5.83. The van der Waals surface area contributed by atoms with E-state index in [1.165, 1.54) is 0 Å². The van der Waals surface area contributed by atoms with Crippen molar-refractivity contribution in [3.8, 4) is 5.75 Å². The number of rotatable bonds is 5. The molecule has 0 saturated carbocycles. The number of carbonyl (C=O) groups is 1. The van der Waals surface area contributed by atoms with Crippen LogP contribution in [-0.4, -0.2) is 25.1 Å². The zero-order chi connectivity index (χ0) is 15.2. The number of benzene rings is 1. The summed E-state index contributed by atoms with van der Waals surface area (Å²) in [6, 6.07) is 7.87. The van der Waals surface area contributed by atoms with Crippen molar-refractivity contribution in [1.82, 2.24) is 10.6 Å². The highest BCUT2D eigenvalue weighted by Gasteiger charge is 2.23. The van der Waals surface area contributed by atoms with Crippen LogP contribution in [0.5, 0.6) is 5.75 Å². The Morgan fingerprint density at radius 1 is 1.33 bits per heavy atom. The number of ether oxygens (including phenoxy) is 1. The zero-order valence-corrected chi connectivity index (χ0v) is 13.2. The lowest BCUT2D eigenvalue weighted by molar-refractivity contribution is -0.126. The van der Waals surface area contributed by atoms with Crippen LogP contribution in [0.25, 0.3) is 0 Å². The van der Waals surface area contributed by atoms with E-state index in [0.717, 1.165) is 37.2 Å². The maximum atomic E-state index is 12.3. The molecule has 116 valence electrons. The number of nitrogens with one attached hydrogen (secondary N) is 2. The Balaban J connectivity index is 2.02. The first-order valence-electron chi connectivity index (χ1n) is 7.84. The molecule has 1 aliphatic rings. The van der Waals surface area contributed by atoms with E-state index >= 15 is 0 Å². The van der Waals surface area contributed by atoms with Gasteiger partial charge in [-0.3, -0.25) is 4.79 Å². The van der Waals surface area contributed by atoms with Gasteiger partial charge in [-0.05, 0) is 46.2 Å². The molecule has 1 aromatic rings. The monoisotopic (exact) mass is 290 g/mol. The first-order valence-corrected chi connectivity index (χ1v) is 7.84. The summed E-state index contributed by atoms with van der Waals surface area (Å²) in [5.41, 5.74) is 1.03. The van der Waals surface area contributed by atoms with Gasteiger partial charge in [-0.1, -0.05) is 18.2 Å². The van der Waals surface area contributed by atoms with E-state index in [0.29, 0.717) is 0 Å². The van der Waals surface area contributed by atoms with Gasteiger partial charge < -0.3 is 15.4 Å². The third kappa shape index (κ3) is 4.46. The predicted molar refractivity (Wildman–Crippen MR) is 84.4 cm³/mol. The number of hydrogen-bond acceptors (Lipinski definition) is 3. The van der Waals surface area contributed by atoms with Gasteiger partial charge in [-0.2, -0.15) is 0 Å². The Morgan fingerprint density at radius 2 is 2.10 bits per heavy atom. The van der Waals surface area contributed by atoms with E-state index in [4.69, 9.17) is 4.74 Å². The van der Waals surface area contributed by atoms with Crippen molar-refractivity contribution < 1.29 is 9.53 Å². The van der Waals surface area contributed by atoms with Crippen molar-refractivity contribution in [3.63, 3.8) is 0 Å². The highest BCUT2D eigenvalue weighted by Crippen LogP contribution is 2.26. The molecule has 1 amide bonds. The molecule has 2 rings (SSSR count). The van der Waals surface area contributed by atoms with E-state index < -0.39 is 0 Å². The molecular weight excluding hydrogens is 264 g/mol. The Hall–Kier alpha value is -1.55. The zero-order valence-electron chi connectivity index (χ0n) is 13.2. The van der Waals surface area contributed by atoms with Crippen molar-refractivity contribution >= 4 is 5.91 Å². The van der Waals surface area contributed by atoms with Crippen LogP contribution in [0, 0.1) is 5.92 Å². The van der Waals surface area contributed by atoms with Gasteiger partial charge in [-0.15, -0.1) is 0 Å². The second kappa shape index (κ2) is 7.46. The third-order valence-electron chi connectivity index (χ3n) is 3.77. The second-order valence-electron chi connectivity index (χ2n) is 5.98. The van der Waals surface area contributed by atoms with Crippen molar-refractivity contribution in [2.45, 2.75) is 45.8 Å². The maximum Gasteiger partial charge on any atom is 0.224 e. The molecule has 1 fully saturated rings. The molecule has 21 heavy (non-hydrogen) atoms. The fourth-order valence-corrected chi connectivity index (χ4v) is 2.68. The number of carbonyl (C=O) groups excluding carboxylic acids is 1. The van der Waals surface area contributed by atoms with Gasteiger partial charge in [0.1, 0.15) is 5.75 Å². The number of para-hydroxylation sites is 1. The molecule has 4 heteroatoms. The van der Waals surface area contributed by atoms with Crippen LogP contribution < -0.4 is 15.4 Å². The predicted octanol–water partition coefficient (Wildman–Crippen LogP) is 2.65. The van der Waals surface area contributed by atoms with Crippen LogP contribution in [0.3, 0.4) is 0 Å². The molecule has 2 atom stereocenters. The first kappa shape index (κ1) is 15.8. The molecule has 2 N–H and O–H groups in total. The van der Waals surface area contributed by atoms with E-state index in [9.17, 15) is 4.79 Å². The highest BCUT2D eigenvalue weighted by atomic mass is 16.5. The number of amides is 1. The van der Waals surface area contributed by atoms with E-state index in [1.807, 2.05) is 45.0 Å². The van der Waals surface area contributed by atoms with Crippen molar-refractivity contribution in [2.75, 3.05) is 13.1 Å². The molecular formula is C17H26N2O2. The number of hydrogen-bond donors (Lipinski definition) is 2. The summed E-state index contributed by atoms with van der Waals surface area (Å²) in [4.78, 5) is 12.3. The lowest BCUT2D eigenvalue weighted by Gasteiger charge is -2.25. The van der Waals surface area contributed by atoms with Gasteiger partial charge in [0.05, 0.1) is 18.1 Å². The first-order chi connectivity index (χ1) is 10.1. The molecule has 1 aliphatic heterocycles. The summed E-state index contributed by atoms with van der Waals surface area (Å²) in [6.45, 7) is 7.82. The second-order valence-corrected chi connectivity index (χ2v) is 5.98. The molecule has 0 radical (unpaired) electrons. The van der Waals surface area contributed by atoms with Gasteiger partial charge >= 0.3 is 0 Å². The van der Waals surface area contributed by atoms with Crippen molar-refractivity contribution in [1.29, 1.82) is 0 Å². The lowest BCUT2D eigenvalue weighted by atomic mass is 9.98. The summed E-state index contributed by atoms with van der Waals surface area (Å²) in [6.07, 6.45) is 2.16. The van der Waals surface area contributed by atoms with Gasteiger partial charge in [0, 0.05) is 12.1 Å². The van der Waals surface area contributed by atoms with E-state index in [1.54, 1.807) is 0 Å². The Labute approximate surface area is 127 Å². The maximum absolute atomic E-state index is 12.3. The van der Waals surface area contributed by atoms with Crippen molar-refractivity contribution in [2.24, 2.45) is 5.92 Å². The topological polar surface area (TPSA) is 50.4 Å². The van der Waals surface area contributed by atoms with Crippen LogP contribution in [-0.2, 0) is 4.79 Å². The smallest absolute Gasteiger partial charge is 0.224 e. The molecule has 1 saturated heterocycles. The van der Waals surface area contributed by atoms with Gasteiger partial charge in [-0.25, -0.2) is 0 Å². The molecule has 1 heterocycles. The quantitative estimate of drug-likeness (QED) is 0.876. The minimum atomic E-state index is -0.0469. The molecule has 1 unspecified atom stereocenters. The normalized spacial score (nSPS) is 20.1. The summed E-state index contributed by atoms with van der Waals surface area (Å²) in [5, 5.41) is 6.40. The molecule has 1 aromatic carbocycles. The standard InChI is InChI=1S/C17H26N2O2/c1-12(2)21-16-9-5-4-8-15(16)13(3)19-17(20)14-7-6-10-18-11-14/h4-5,8-9,12-14,18H,6-7,10-11H2,1-3H3,(H,19,20)/t13?,14-/m1/s1. The van der Waals surface area contributed by atoms with Gasteiger partial charge in [0.25, 0.3) is 0 Å². The fraction of sp³-hybridized carbons (Fsp3) is 0.588. The average Bonchev–Trinajstić information content (AvgIpc) is 2.48. The van der Waals surface area contributed by atoms with E-state index in [-0.39, 0.29) is 24.0 Å². The van der Waals surface area contributed by atoms with Gasteiger partial charge in [0.15, 0.2) is 0 Å². The fourth-order valence-electron chi connectivity index (χ4n) is 2.68. The molecule has 0 aliphatic carbocycles. The van der Waals surface area contributed by atoms with Crippen LogP contribution >= 0.6 is 0 Å². The number of piperidine rings is 1.